The van der Waals surface area contributed by atoms with Gasteiger partial charge in [0.15, 0.2) is 5.13 Å². The molecule has 1 aromatic carbocycles. The van der Waals surface area contributed by atoms with Crippen LogP contribution in [0.15, 0.2) is 41.2 Å². The van der Waals surface area contributed by atoms with Crippen molar-refractivity contribution in [2.45, 2.75) is 13.3 Å². The number of carbonyl (C=O) groups excluding carboxylic acids is 1. The summed E-state index contributed by atoms with van der Waals surface area (Å²) in [5.41, 5.74) is 3.08. The van der Waals surface area contributed by atoms with Crippen molar-refractivity contribution in [2.75, 3.05) is 5.32 Å². The van der Waals surface area contributed by atoms with Gasteiger partial charge >= 0.3 is 0 Å². The minimum absolute atomic E-state index is 0.0919. The second-order valence-corrected chi connectivity index (χ2v) is 6.32. The number of aromatic nitrogens is 2. The number of amides is 1. The molecule has 1 amide bonds. The van der Waals surface area contributed by atoms with E-state index in [-0.39, 0.29) is 12.3 Å². The van der Waals surface area contributed by atoms with Gasteiger partial charge < -0.3 is 5.32 Å². The minimum atomic E-state index is -0.0919. The zero-order chi connectivity index (χ0) is 14.7. The second-order valence-electron chi connectivity index (χ2n) is 4.57. The Labute approximate surface area is 130 Å². The molecular weight excluding hydrogens is 302 g/mol. The summed E-state index contributed by atoms with van der Waals surface area (Å²) < 4.78 is 0. The Bertz CT molecular complexity index is 733. The van der Waals surface area contributed by atoms with E-state index < -0.39 is 0 Å². The minimum Gasteiger partial charge on any atom is -0.302 e. The van der Waals surface area contributed by atoms with E-state index in [9.17, 15) is 4.79 Å². The highest BCUT2D eigenvalue weighted by Crippen LogP contribution is 2.24. The molecule has 3 rings (SSSR count). The Hall–Kier alpha value is -2.05. The first-order valence-corrected chi connectivity index (χ1v) is 8.17. The highest BCUT2D eigenvalue weighted by molar-refractivity contribution is 7.13. The van der Waals surface area contributed by atoms with Crippen LogP contribution >= 0.6 is 22.7 Å². The van der Waals surface area contributed by atoms with Gasteiger partial charge in [0.05, 0.1) is 12.1 Å². The molecule has 0 saturated heterocycles. The molecule has 0 saturated carbocycles. The fourth-order valence-electron chi connectivity index (χ4n) is 1.83. The first-order chi connectivity index (χ1) is 10.2. The summed E-state index contributed by atoms with van der Waals surface area (Å²) in [6.45, 7) is 2.06. The maximum atomic E-state index is 11.9. The summed E-state index contributed by atoms with van der Waals surface area (Å²) >= 11 is 2.96. The van der Waals surface area contributed by atoms with Crippen LogP contribution in [0.2, 0.25) is 0 Å². The molecule has 0 atom stereocenters. The average molecular weight is 315 g/mol. The molecule has 3 aromatic rings. The molecule has 0 unspecified atom stereocenters. The topological polar surface area (TPSA) is 54.9 Å². The first kappa shape index (κ1) is 13.9. The number of anilines is 1. The molecule has 0 aliphatic carbocycles. The highest BCUT2D eigenvalue weighted by Gasteiger charge is 2.10. The average Bonchev–Trinajstić information content (AvgIpc) is 3.11. The van der Waals surface area contributed by atoms with Gasteiger partial charge in [-0.05, 0) is 6.92 Å². The van der Waals surface area contributed by atoms with Crippen LogP contribution in [0.25, 0.3) is 10.6 Å². The van der Waals surface area contributed by atoms with Crippen LogP contribution in [0.3, 0.4) is 0 Å². The van der Waals surface area contributed by atoms with Gasteiger partial charge in [-0.25, -0.2) is 9.97 Å². The fourth-order valence-corrected chi connectivity index (χ4v) is 3.20. The Morgan fingerprint density at radius 2 is 2.05 bits per heavy atom. The second kappa shape index (κ2) is 6.15. The van der Waals surface area contributed by atoms with Crippen molar-refractivity contribution in [1.82, 2.24) is 9.97 Å². The van der Waals surface area contributed by atoms with Crippen LogP contribution in [0.5, 0.6) is 0 Å². The summed E-state index contributed by atoms with van der Waals surface area (Å²) in [7, 11) is 0. The van der Waals surface area contributed by atoms with Gasteiger partial charge in [-0.3, -0.25) is 4.79 Å². The van der Waals surface area contributed by atoms with Crippen molar-refractivity contribution < 1.29 is 4.79 Å². The summed E-state index contributed by atoms with van der Waals surface area (Å²) in [4.78, 5) is 20.4. The Morgan fingerprint density at radius 1 is 1.24 bits per heavy atom. The van der Waals surface area contributed by atoms with Crippen molar-refractivity contribution in [3.05, 3.63) is 52.5 Å². The summed E-state index contributed by atoms with van der Waals surface area (Å²) in [5, 5.41) is 8.07. The molecule has 106 valence electrons. The standard InChI is InChI=1S/C15H13N3OS2/c1-10-2-4-11(5-3-10)14-17-12(9-21-14)8-13(19)18-15-16-6-7-20-15/h2-7,9H,8H2,1H3,(H,16,18,19). The Morgan fingerprint density at radius 3 is 2.76 bits per heavy atom. The van der Waals surface area contributed by atoms with E-state index in [1.54, 1.807) is 17.5 Å². The maximum Gasteiger partial charge on any atom is 0.232 e. The normalized spacial score (nSPS) is 10.5. The molecular formula is C15H13N3OS2. The van der Waals surface area contributed by atoms with Crippen molar-refractivity contribution in [1.29, 1.82) is 0 Å². The van der Waals surface area contributed by atoms with Gasteiger partial charge in [-0.1, -0.05) is 29.8 Å². The van der Waals surface area contributed by atoms with Crippen LogP contribution < -0.4 is 5.32 Å². The number of carbonyl (C=O) groups is 1. The lowest BCUT2D eigenvalue weighted by Gasteiger charge is -1.99. The van der Waals surface area contributed by atoms with E-state index in [1.165, 1.54) is 16.9 Å². The predicted molar refractivity (Wildman–Crippen MR) is 86.7 cm³/mol. The Kier molecular flexibility index (Phi) is 4.08. The summed E-state index contributed by atoms with van der Waals surface area (Å²) in [5.74, 6) is -0.0919. The van der Waals surface area contributed by atoms with Crippen molar-refractivity contribution in [3.63, 3.8) is 0 Å². The molecule has 0 radical (unpaired) electrons. The number of hydrogen-bond donors (Lipinski definition) is 1. The number of benzene rings is 1. The molecule has 0 bridgehead atoms. The first-order valence-electron chi connectivity index (χ1n) is 6.41. The monoisotopic (exact) mass is 315 g/mol. The summed E-state index contributed by atoms with van der Waals surface area (Å²) in [6.07, 6.45) is 1.93. The smallest absolute Gasteiger partial charge is 0.232 e. The van der Waals surface area contributed by atoms with E-state index >= 15 is 0 Å². The predicted octanol–water partition coefficient (Wildman–Crippen LogP) is 3.76. The number of hydrogen-bond acceptors (Lipinski definition) is 5. The number of rotatable bonds is 4. The van der Waals surface area contributed by atoms with Gasteiger partial charge in [-0.2, -0.15) is 0 Å². The van der Waals surface area contributed by atoms with E-state index in [0.29, 0.717) is 5.13 Å². The molecule has 0 fully saturated rings. The third-order valence-corrected chi connectivity index (χ3v) is 4.50. The zero-order valence-electron chi connectivity index (χ0n) is 11.4. The quantitative estimate of drug-likeness (QED) is 0.797. The molecule has 21 heavy (non-hydrogen) atoms. The summed E-state index contributed by atoms with van der Waals surface area (Å²) in [6, 6.07) is 8.22. The van der Waals surface area contributed by atoms with Crippen molar-refractivity contribution >= 4 is 33.7 Å². The molecule has 2 aromatic heterocycles. The lowest BCUT2D eigenvalue weighted by atomic mass is 10.2. The zero-order valence-corrected chi connectivity index (χ0v) is 13.0. The van der Waals surface area contributed by atoms with E-state index in [4.69, 9.17) is 0 Å². The molecule has 0 spiro atoms. The third-order valence-electron chi connectivity index (χ3n) is 2.87. The van der Waals surface area contributed by atoms with Crippen LogP contribution in [0, 0.1) is 6.92 Å². The van der Waals surface area contributed by atoms with Crippen molar-refractivity contribution in [3.8, 4) is 10.6 Å². The largest absolute Gasteiger partial charge is 0.302 e. The van der Waals surface area contributed by atoms with E-state index in [0.717, 1.165) is 16.3 Å². The number of aryl methyl sites for hydroxylation is 1. The lowest BCUT2D eigenvalue weighted by molar-refractivity contribution is -0.115. The fraction of sp³-hybridized carbons (Fsp3) is 0.133. The number of thiazole rings is 2. The van der Waals surface area contributed by atoms with Gasteiger partial charge in [0.25, 0.3) is 0 Å². The molecule has 6 heteroatoms. The van der Waals surface area contributed by atoms with Gasteiger partial charge in [0.1, 0.15) is 5.01 Å². The molecule has 0 aliphatic rings. The van der Waals surface area contributed by atoms with Crippen LogP contribution in [-0.2, 0) is 11.2 Å². The SMILES string of the molecule is Cc1ccc(-c2nc(CC(=O)Nc3nccs3)cs2)cc1. The number of nitrogens with one attached hydrogen (secondary N) is 1. The Balaban J connectivity index is 1.67. The third kappa shape index (κ3) is 3.53. The van der Waals surface area contributed by atoms with Crippen molar-refractivity contribution in [2.24, 2.45) is 0 Å². The molecule has 2 heterocycles. The van der Waals surface area contributed by atoms with Crippen LogP contribution in [-0.4, -0.2) is 15.9 Å². The van der Waals surface area contributed by atoms with Gasteiger partial charge in [-0.15, -0.1) is 22.7 Å². The molecule has 1 N–H and O–H groups in total. The van der Waals surface area contributed by atoms with E-state index in [1.807, 2.05) is 22.9 Å². The molecule has 0 aliphatic heterocycles. The lowest BCUT2D eigenvalue weighted by Crippen LogP contribution is -2.14. The van der Waals surface area contributed by atoms with E-state index in [2.05, 4.69) is 34.3 Å². The number of nitrogens with zero attached hydrogens (tertiary/aromatic N) is 2. The van der Waals surface area contributed by atoms with Gasteiger partial charge in [0, 0.05) is 22.5 Å². The van der Waals surface area contributed by atoms with Gasteiger partial charge in [0.2, 0.25) is 5.91 Å². The maximum absolute atomic E-state index is 11.9. The molecule has 4 nitrogen and oxygen atoms in total. The highest BCUT2D eigenvalue weighted by atomic mass is 32.1. The van der Waals surface area contributed by atoms with Crippen LogP contribution in [0.1, 0.15) is 11.3 Å². The van der Waals surface area contributed by atoms with Crippen LogP contribution in [0.4, 0.5) is 5.13 Å².